The molecule has 0 radical (unpaired) electrons. The zero-order valence-corrected chi connectivity index (χ0v) is 17.5. The van der Waals surface area contributed by atoms with Gasteiger partial charge in [0, 0.05) is 27.9 Å². The molecule has 0 fully saturated rings. The van der Waals surface area contributed by atoms with Crippen molar-refractivity contribution in [3.63, 3.8) is 0 Å². The van der Waals surface area contributed by atoms with Crippen molar-refractivity contribution in [2.75, 3.05) is 30.3 Å². The zero-order chi connectivity index (χ0) is 21.6. The van der Waals surface area contributed by atoms with Crippen molar-refractivity contribution in [2.24, 2.45) is 0 Å². The van der Waals surface area contributed by atoms with E-state index < -0.39 is 0 Å². The number of ether oxygens (including phenoxy) is 3. The van der Waals surface area contributed by atoms with E-state index in [1.807, 2.05) is 18.2 Å². The summed E-state index contributed by atoms with van der Waals surface area (Å²) in [5.74, 6) is 1.74. The number of hydrogen-bond donors (Lipinski definition) is 2. The summed E-state index contributed by atoms with van der Waals surface area (Å²) >= 11 is 1.38. The summed E-state index contributed by atoms with van der Waals surface area (Å²) in [7, 11) is 1.56. The topological polar surface area (TPSA) is 85.9 Å². The number of hydrogen-bond acceptors (Lipinski definition) is 6. The minimum atomic E-state index is -0.235. The molecule has 1 aliphatic heterocycles. The number of benzene rings is 3. The van der Waals surface area contributed by atoms with E-state index in [9.17, 15) is 9.59 Å². The fraction of sp³-hybridized carbons (Fsp3) is 0.130. The minimum absolute atomic E-state index is 0.144. The highest BCUT2D eigenvalue weighted by molar-refractivity contribution is 8.00. The normalized spacial score (nSPS) is 11.6. The molecule has 0 saturated heterocycles. The minimum Gasteiger partial charge on any atom is -0.497 e. The molecule has 1 aliphatic rings. The first-order valence-electron chi connectivity index (χ1n) is 9.48. The summed E-state index contributed by atoms with van der Waals surface area (Å²) in [6.45, 7) is 0.188. The van der Waals surface area contributed by atoms with Crippen molar-refractivity contribution < 1.29 is 23.8 Å². The molecule has 2 amide bonds. The summed E-state index contributed by atoms with van der Waals surface area (Å²) < 4.78 is 15.7. The predicted octanol–water partition coefficient (Wildman–Crippen LogP) is 4.41. The van der Waals surface area contributed by atoms with Crippen LogP contribution in [0.1, 0.15) is 10.4 Å². The number of methoxy groups -OCH3 is 1. The third-order valence-electron chi connectivity index (χ3n) is 4.45. The molecule has 0 aromatic heterocycles. The van der Waals surface area contributed by atoms with Gasteiger partial charge in [0.2, 0.25) is 12.7 Å². The molecular formula is C23H20N2O5S. The number of rotatable bonds is 7. The van der Waals surface area contributed by atoms with Gasteiger partial charge in [0.1, 0.15) is 5.75 Å². The summed E-state index contributed by atoms with van der Waals surface area (Å²) in [5.41, 5.74) is 1.80. The van der Waals surface area contributed by atoms with Crippen LogP contribution in [0.25, 0.3) is 0 Å². The third kappa shape index (κ3) is 5.29. The lowest BCUT2D eigenvalue weighted by Crippen LogP contribution is -2.14. The van der Waals surface area contributed by atoms with E-state index in [1.165, 1.54) is 11.8 Å². The molecule has 3 aromatic carbocycles. The number of nitrogens with one attached hydrogen (secondary N) is 2. The Labute approximate surface area is 183 Å². The first kappa shape index (κ1) is 20.6. The summed E-state index contributed by atoms with van der Waals surface area (Å²) in [6.07, 6.45) is 0. The Hall–Kier alpha value is -3.65. The van der Waals surface area contributed by atoms with Gasteiger partial charge in [-0.15, -0.1) is 11.8 Å². The van der Waals surface area contributed by atoms with Gasteiger partial charge in [-0.1, -0.05) is 12.1 Å². The number of thioether (sulfide) groups is 1. The van der Waals surface area contributed by atoms with Crippen LogP contribution < -0.4 is 24.8 Å². The van der Waals surface area contributed by atoms with Crippen LogP contribution in [0.2, 0.25) is 0 Å². The van der Waals surface area contributed by atoms with Crippen LogP contribution in [0.5, 0.6) is 17.2 Å². The van der Waals surface area contributed by atoms with Gasteiger partial charge in [-0.3, -0.25) is 9.59 Å². The Morgan fingerprint density at radius 2 is 1.74 bits per heavy atom. The van der Waals surface area contributed by atoms with Gasteiger partial charge in [-0.25, -0.2) is 0 Å². The molecule has 8 heteroatoms. The number of anilines is 2. The lowest BCUT2D eigenvalue weighted by atomic mass is 10.2. The maximum Gasteiger partial charge on any atom is 0.255 e. The molecule has 0 saturated carbocycles. The van der Waals surface area contributed by atoms with E-state index in [0.29, 0.717) is 34.2 Å². The Bertz CT molecular complexity index is 1120. The van der Waals surface area contributed by atoms with Gasteiger partial charge >= 0.3 is 0 Å². The standard InChI is InChI=1S/C23H20N2O5S/c1-28-18-6-2-4-15(10-18)23(27)25-16-5-3-7-19(11-16)31-13-22(26)24-17-8-9-20-21(12-17)30-14-29-20/h2-12H,13-14H2,1H3,(H,24,26)(H,25,27). The molecule has 3 aromatic rings. The first-order valence-corrected chi connectivity index (χ1v) is 10.5. The fourth-order valence-corrected chi connectivity index (χ4v) is 3.71. The summed E-state index contributed by atoms with van der Waals surface area (Å²) in [6, 6.07) is 19.6. The lowest BCUT2D eigenvalue weighted by Gasteiger charge is -2.09. The van der Waals surface area contributed by atoms with E-state index in [1.54, 1.807) is 55.6 Å². The van der Waals surface area contributed by atoms with E-state index in [-0.39, 0.29) is 24.4 Å². The summed E-state index contributed by atoms with van der Waals surface area (Å²) in [4.78, 5) is 25.7. The van der Waals surface area contributed by atoms with Gasteiger partial charge in [-0.05, 0) is 48.5 Å². The SMILES string of the molecule is COc1cccc(C(=O)Nc2cccc(SCC(=O)Nc3ccc4c(c3)OCO4)c2)c1. The van der Waals surface area contributed by atoms with Crippen LogP contribution in [0, 0.1) is 0 Å². The Morgan fingerprint density at radius 3 is 2.61 bits per heavy atom. The van der Waals surface area contributed by atoms with Gasteiger partial charge in [-0.2, -0.15) is 0 Å². The fourth-order valence-electron chi connectivity index (χ4n) is 2.95. The van der Waals surface area contributed by atoms with Crippen LogP contribution >= 0.6 is 11.8 Å². The highest BCUT2D eigenvalue weighted by Gasteiger charge is 2.14. The lowest BCUT2D eigenvalue weighted by molar-refractivity contribution is -0.113. The quantitative estimate of drug-likeness (QED) is 0.534. The molecule has 4 rings (SSSR count). The van der Waals surface area contributed by atoms with Crippen molar-refractivity contribution >= 4 is 35.0 Å². The predicted molar refractivity (Wildman–Crippen MR) is 119 cm³/mol. The maximum atomic E-state index is 12.5. The van der Waals surface area contributed by atoms with E-state index in [0.717, 1.165) is 4.90 Å². The van der Waals surface area contributed by atoms with Crippen molar-refractivity contribution in [3.8, 4) is 17.2 Å². The van der Waals surface area contributed by atoms with Crippen LogP contribution in [-0.4, -0.2) is 31.5 Å². The van der Waals surface area contributed by atoms with Crippen molar-refractivity contribution in [1.82, 2.24) is 0 Å². The smallest absolute Gasteiger partial charge is 0.255 e. The second-order valence-electron chi connectivity index (χ2n) is 6.62. The molecule has 0 spiro atoms. The molecular weight excluding hydrogens is 416 g/mol. The molecule has 1 heterocycles. The largest absolute Gasteiger partial charge is 0.497 e. The molecule has 0 aliphatic carbocycles. The zero-order valence-electron chi connectivity index (χ0n) is 16.7. The van der Waals surface area contributed by atoms with Crippen LogP contribution in [-0.2, 0) is 4.79 Å². The van der Waals surface area contributed by atoms with Crippen LogP contribution in [0.3, 0.4) is 0 Å². The molecule has 0 bridgehead atoms. The average Bonchev–Trinajstić information content (AvgIpc) is 3.26. The van der Waals surface area contributed by atoms with Crippen molar-refractivity contribution in [1.29, 1.82) is 0 Å². The van der Waals surface area contributed by atoms with Gasteiger partial charge in [0.05, 0.1) is 12.9 Å². The maximum absolute atomic E-state index is 12.5. The molecule has 0 atom stereocenters. The van der Waals surface area contributed by atoms with Crippen molar-refractivity contribution in [3.05, 3.63) is 72.3 Å². The molecule has 2 N–H and O–H groups in total. The van der Waals surface area contributed by atoms with Crippen LogP contribution in [0.15, 0.2) is 71.6 Å². The summed E-state index contributed by atoms with van der Waals surface area (Å²) in [5, 5.41) is 5.71. The van der Waals surface area contributed by atoms with Crippen molar-refractivity contribution in [2.45, 2.75) is 4.90 Å². The van der Waals surface area contributed by atoms with Crippen LogP contribution in [0.4, 0.5) is 11.4 Å². The number of fused-ring (bicyclic) bond motifs is 1. The Morgan fingerprint density at radius 1 is 0.935 bits per heavy atom. The van der Waals surface area contributed by atoms with Gasteiger partial charge < -0.3 is 24.8 Å². The molecule has 158 valence electrons. The molecule has 0 unspecified atom stereocenters. The number of carbonyl (C=O) groups is 2. The van der Waals surface area contributed by atoms with Gasteiger partial charge in [0.15, 0.2) is 11.5 Å². The number of carbonyl (C=O) groups excluding carboxylic acids is 2. The van der Waals surface area contributed by atoms with E-state index >= 15 is 0 Å². The molecule has 31 heavy (non-hydrogen) atoms. The third-order valence-corrected chi connectivity index (χ3v) is 5.44. The second kappa shape index (κ2) is 9.44. The number of amides is 2. The highest BCUT2D eigenvalue weighted by Crippen LogP contribution is 2.34. The highest BCUT2D eigenvalue weighted by atomic mass is 32.2. The Kier molecular flexibility index (Phi) is 6.28. The second-order valence-corrected chi connectivity index (χ2v) is 7.67. The first-order chi connectivity index (χ1) is 15.1. The molecule has 7 nitrogen and oxygen atoms in total. The van der Waals surface area contributed by atoms with E-state index in [2.05, 4.69) is 10.6 Å². The van der Waals surface area contributed by atoms with E-state index in [4.69, 9.17) is 14.2 Å². The Balaban J connectivity index is 1.33. The average molecular weight is 436 g/mol. The van der Waals surface area contributed by atoms with Gasteiger partial charge in [0.25, 0.3) is 5.91 Å². The monoisotopic (exact) mass is 436 g/mol.